The highest BCUT2D eigenvalue weighted by molar-refractivity contribution is 7.98. The Morgan fingerprint density at radius 2 is 1.79 bits per heavy atom. The summed E-state index contributed by atoms with van der Waals surface area (Å²) < 4.78 is 1.46. The fourth-order valence-electron chi connectivity index (χ4n) is 2.38. The SMILES string of the molecule is O=C(O)CCn1c(SCc2ccccc2)nc2ccccc2c1=O. The molecule has 5 nitrogen and oxygen atoms in total. The van der Waals surface area contributed by atoms with Crippen LogP contribution in [0.1, 0.15) is 12.0 Å². The number of carboxylic acids is 1. The Kier molecular flexibility index (Phi) is 4.96. The Morgan fingerprint density at radius 1 is 1.08 bits per heavy atom. The van der Waals surface area contributed by atoms with Gasteiger partial charge in [0.2, 0.25) is 0 Å². The van der Waals surface area contributed by atoms with Crippen LogP contribution in [-0.2, 0) is 17.1 Å². The molecule has 0 aliphatic rings. The lowest BCUT2D eigenvalue weighted by atomic mass is 10.2. The number of fused-ring (bicyclic) bond motifs is 1. The number of benzene rings is 2. The monoisotopic (exact) mass is 340 g/mol. The third kappa shape index (κ3) is 3.65. The predicted molar refractivity (Wildman–Crippen MR) is 94.3 cm³/mol. The van der Waals surface area contributed by atoms with E-state index >= 15 is 0 Å². The quantitative estimate of drug-likeness (QED) is 0.551. The number of rotatable bonds is 6. The molecule has 1 aromatic heterocycles. The second kappa shape index (κ2) is 7.31. The van der Waals surface area contributed by atoms with Crippen molar-refractivity contribution in [3.63, 3.8) is 0 Å². The van der Waals surface area contributed by atoms with E-state index in [1.807, 2.05) is 36.4 Å². The van der Waals surface area contributed by atoms with E-state index in [-0.39, 0.29) is 18.5 Å². The van der Waals surface area contributed by atoms with Gasteiger partial charge >= 0.3 is 5.97 Å². The van der Waals surface area contributed by atoms with Gasteiger partial charge in [-0.05, 0) is 17.7 Å². The molecular weight excluding hydrogens is 324 g/mol. The molecule has 0 aliphatic heterocycles. The molecule has 0 radical (unpaired) electrons. The summed E-state index contributed by atoms with van der Waals surface area (Å²) in [6.45, 7) is 0.114. The second-order valence-electron chi connectivity index (χ2n) is 5.29. The van der Waals surface area contributed by atoms with E-state index in [9.17, 15) is 9.59 Å². The molecule has 1 N–H and O–H groups in total. The minimum Gasteiger partial charge on any atom is -0.481 e. The molecular formula is C18H16N2O3S. The number of hydrogen-bond acceptors (Lipinski definition) is 4. The zero-order chi connectivity index (χ0) is 16.9. The molecule has 0 saturated heterocycles. The first-order valence-corrected chi connectivity index (χ1v) is 8.52. The summed E-state index contributed by atoms with van der Waals surface area (Å²) in [5, 5.41) is 9.99. The van der Waals surface area contributed by atoms with Gasteiger partial charge in [-0.3, -0.25) is 14.2 Å². The van der Waals surface area contributed by atoms with Gasteiger partial charge in [0.1, 0.15) is 0 Å². The zero-order valence-electron chi connectivity index (χ0n) is 12.9. The van der Waals surface area contributed by atoms with Gasteiger partial charge in [-0.15, -0.1) is 0 Å². The van der Waals surface area contributed by atoms with Crippen molar-refractivity contribution in [2.75, 3.05) is 0 Å². The molecule has 0 fully saturated rings. The van der Waals surface area contributed by atoms with Crippen LogP contribution in [0.4, 0.5) is 0 Å². The maximum Gasteiger partial charge on any atom is 0.305 e. The molecule has 0 unspecified atom stereocenters. The summed E-state index contributed by atoms with van der Waals surface area (Å²) in [5.74, 6) is -0.271. The van der Waals surface area contributed by atoms with Crippen molar-refractivity contribution in [3.8, 4) is 0 Å². The second-order valence-corrected chi connectivity index (χ2v) is 6.23. The molecule has 24 heavy (non-hydrogen) atoms. The normalized spacial score (nSPS) is 10.8. The topological polar surface area (TPSA) is 72.2 Å². The molecule has 0 spiro atoms. The summed E-state index contributed by atoms with van der Waals surface area (Å²) in [4.78, 5) is 28.1. The van der Waals surface area contributed by atoms with Crippen LogP contribution >= 0.6 is 11.8 Å². The molecule has 3 rings (SSSR count). The van der Waals surface area contributed by atoms with E-state index in [0.29, 0.717) is 21.8 Å². The van der Waals surface area contributed by atoms with Crippen LogP contribution in [0, 0.1) is 0 Å². The Morgan fingerprint density at radius 3 is 2.54 bits per heavy atom. The van der Waals surface area contributed by atoms with Crippen LogP contribution in [0.3, 0.4) is 0 Å². The van der Waals surface area contributed by atoms with Crippen LogP contribution in [-0.4, -0.2) is 20.6 Å². The van der Waals surface area contributed by atoms with Crippen molar-refractivity contribution >= 4 is 28.6 Å². The highest BCUT2D eigenvalue weighted by Gasteiger charge is 2.12. The molecule has 6 heteroatoms. The molecule has 0 aliphatic carbocycles. The van der Waals surface area contributed by atoms with Crippen molar-refractivity contribution in [2.45, 2.75) is 23.9 Å². The fourth-order valence-corrected chi connectivity index (χ4v) is 3.37. The molecule has 122 valence electrons. The lowest BCUT2D eigenvalue weighted by molar-refractivity contribution is -0.137. The highest BCUT2D eigenvalue weighted by Crippen LogP contribution is 2.22. The average molecular weight is 340 g/mol. The maximum absolute atomic E-state index is 12.7. The minimum absolute atomic E-state index is 0.112. The Balaban J connectivity index is 1.98. The molecule has 0 amide bonds. The van der Waals surface area contributed by atoms with E-state index in [2.05, 4.69) is 4.98 Å². The lowest BCUT2D eigenvalue weighted by Gasteiger charge is -2.12. The summed E-state index contributed by atoms with van der Waals surface area (Å²) in [7, 11) is 0. The molecule has 3 aromatic rings. The highest BCUT2D eigenvalue weighted by atomic mass is 32.2. The Bertz CT molecular complexity index is 922. The first-order chi connectivity index (χ1) is 11.6. The summed E-state index contributed by atoms with van der Waals surface area (Å²) in [6.07, 6.45) is -0.112. The zero-order valence-corrected chi connectivity index (χ0v) is 13.7. The first kappa shape index (κ1) is 16.3. The molecule has 2 aromatic carbocycles. The molecule has 1 heterocycles. The Hall–Kier alpha value is -2.60. The minimum atomic E-state index is -0.936. The summed E-state index contributed by atoms with van der Waals surface area (Å²) in [6, 6.07) is 17.0. The van der Waals surface area contributed by atoms with Gasteiger partial charge < -0.3 is 5.11 Å². The molecule has 0 saturated carbocycles. The van der Waals surface area contributed by atoms with Crippen molar-refractivity contribution in [1.82, 2.24) is 9.55 Å². The summed E-state index contributed by atoms with van der Waals surface area (Å²) >= 11 is 1.44. The van der Waals surface area contributed by atoms with Crippen LogP contribution < -0.4 is 5.56 Å². The number of carbonyl (C=O) groups is 1. The van der Waals surface area contributed by atoms with Gasteiger partial charge in [-0.1, -0.05) is 54.2 Å². The van der Waals surface area contributed by atoms with Crippen molar-refractivity contribution in [1.29, 1.82) is 0 Å². The predicted octanol–water partition coefficient (Wildman–Crippen LogP) is 3.16. The van der Waals surface area contributed by atoms with Crippen molar-refractivity contribution < 1.29 is 9.90 Å². The third-order valence-electron chi connectivity index (χ3n) is 3.59. The number of hydrogen-bond donors (Lipinski definition) is 1. The van der Waals surface area contributed by atoms with E-state index in [4.69, 9.17) is 5.11 Å². The van der Waals surface area contributed by atoms with Gasteiger partial charge in [0.05, 0.1) is 17.3 Å². The number of thioether (sulfide) groups is 1. The fraction of sp³-hybridized carbons (Fsp3) is 0.167. The largest absolute Gasteiger partial charge is 0.481 e. The van der Waals surface area contributed by atoms with Crippen LogP contribution in [0.25, 0.3) is 10.9 Å². The van der Waals surface area contributed by atoms with Crippen LogP contribution in [0.2, 0.25) is 0 Å². The van der Waals surface area contributed by atoms with E-state index in [1.54, 1.807) is 18.2 Å². The van der Waals surface area contributed by atoms with Gasteiger partial charge in [0, 0.05) is 12.3 Å². The van der Waals surface area contributed by atoms with Gasteiger partial charge in [0.15, 0.2) is 5.16 Å². The van der Waals surface area contributed by atoms with E-state index in [1.165, 1.54) is 16.3 Å². The van der Waals surface area contributed by atoms with Crippen molar-refractivity contribution in [2.24, 2.45) is 0 Å². The van der Waals surface area contributed by atoms with Crippen LogP contribution in [0.5, 0.6) is 0 Å². The first-order valence-electron chi connectivity index (χ1n) is 7.53. The average Bonchev–Trinajstić information content (AvgIpc) is 2.60. The third-order valence-corrected chi connectivity index (χ3v) is 4.63. The lowest BCUT2D eigenvalue weighted by Crippen LogP contribution is -2.24. The molecule has 0 atom stereocenters. The number of aromatic nitrogens is 2. The van der Waals surface area contributed by atoms with E-state index in [0.717, 1.165) is 5.56 Å². The number of aliphatic carboxylic acids is 1. The van der Waals surface area contributed by atoms with Gasteiger partial charge in [-0.25, -0.2) is 4.98 Å². The van der Waals surface area contributed by atoms with E-state index < -0.39 is 5.97 Å². The number of nitrogens with zero attached hydrogens (tertiary/aromatic N) is 2. The maximum atomic E-state index is 12.7. The number of para-hydroxylation sites is 1. The smallest absolute Gasteiger partial charge is 0.305 e. The van der Waals surface area contributed by atoms with Gasteiger partial charge in [0.25, 0.3) is 5.56 Å². The standard InChI is InChI=1S/C18H16N2O3S/c21-16(22)10-11-20-17(23)14-8-4-5-9-15(14)19-18(20)24-12-13-6-2-1-3-7-13/h1-9H,10-12H2,(H,21,22). The van der Waals surface area contributed by atoms with Crippen LogP contribution in [0.15, 0.2) is 64.5 Å². The number of carboxylic acid groups (broad SMARTS) is 1. The summed E-state index contributed by atoms with van der Waals surface area (Å²) in [5.41, 5.74) is 1.55. The van der Waals surface area contributed by atoms with Crippen molar-refractivity contribution in [3.05, 3.63) is 70.5 Å². The van der Waals surface area contributed by atoms with Gasteiger partial charge in [-0.2, -0.15) is 0 Å². The molecule has 0 bridgehead atoms. The Labute approximate surface area is 143 Å².